The van der Waals surface area contributed by atoms with E-state index in [-0.39, 0.29) is 11.9 Å². The molecule has 0 radical (unpaired) electrons. The van der Waals surface area contributed by atoms with Crippen LogP contribution in [0.1, 0.15) is 30.2 Å². The number of fused-ring (bicyclic) bond motifs is 2. The minimum atomic E-state index is -0.244. The Morgan fingerprint density at radius 2 is 1.80 bits per heavy atom. The van der Waals surface area contributed by atoms with E-state index in [0.717, 1.165) is 22.3 Å². The highest BCUT2D eigenvalue weighted by Gasteiger charge is 2.19. The van der Waals surface area contributed by atoms with Gasteiger partial charge in [-0.15, -0.1) is 0 Å². The maximum Gasteiger partial charge on any atom is 0.271 e. The first-order valence-corrected chi connectivity index (χ1v) is 9.79. The number of carbonyl (C=O) groups is 1. The van der Waals surface area contributed by atoms with Crippen molar-refractivity contribution in [2.24, 2.45) is 0 Å². The van der Waals surface area contributed by atoms with Crippen LogP contribution in [0.5, 0.6) is 0 Å². The highest BCUT2D eigenvalue weighted by molar-refractivity contribution is 6.10. The van der Waals surface area contributed by atoms with Crippen LogP contribution in [0.3, 0.4) is 0 Å². The van der Waals surface area contributed by atoms with Gasteiger partial charge in [0.1, 0.15) is 6.33 Å². The number of amides is 1. The van der Waals surface area contributed by atoms with E-state index < -0.39 is 0 Å². The number of aromatic nitrogens is 5. The summed E-state index contributed by atoms with van der Waals surface area (Å²) in [6.07, 6.45) is 3.31. The fourth-order valence-corrected chi connectivity index (χ4v) is 3.56. The maximum atomic E-state index is 13.3. The SMILES string of the molecule is CC(C)n1ncc2c(C(=O)Nn3cnc4ccccc43)cc(-c3ccccc3)nc21. The number of carbonyl (C=O) groups excluding carboxylic acids is 1. The molecule has 0 fully saturated rings. The Labute approximate surface area is 173 Å². The Kier molecular flexibility index (Phi) is 4.28. The second-order valence-electron chi connectivity index (χ2n) is 7.39. The Bertz CT molecular complexity index is 1370. The number of hydrogen-bond acceptors (Lipinski definition) is 4. The summed E-state index contributed by atoms with van der Waals surface area (Å²) < 4.78 is 3.48. The zero-order valence-corrected chi connectivity index (χ0v) is 16.6. The van der Waals surface area contributed by atoms with Crippen LogP contribution in [0.15, 0.2) is 73.2 Å². The molecule has 0 atom stereocenters. The van der Waals surface area contributed by atoms with Crippen LogP contribution in [0.25, 0.3) is 33.3 Å². The molecule has 0 unspecified atom stereocenters. The Hall–Kier alpha value is -4.00. The number of nitrogens with zero attached hydrogens (tertiary/aromatic N) is 5. The van der Waals surface area contributed by atoms with Crippen LogP contribution in [0.4, 0.5) is 0 Å². The standard InChI is InChI=1S/C23H20N6O/c1-15(2)29-22-18(13-25-29)17(12-20(26-22)16-8-4-3-5-9-16)23(30)27-28-14-24-19-10-6-7-11-21(19)28/h3-15H,1-2H3,(H,27,30). The van der Waals surface area contributed by atoms with E-state index in [2.05, 4.69) is 15.5 Å². The van der Waals surface area contributed by atoms with E-state index in [1.807, 2.05) is 79.2 Å². The molecule has 0 aliphatic heterocycles. The van der Waals surface area contributed by atoms with E-state index >= 15 is 0 Å². The van der Waals surface area contributed by atoms with E-state index in [4.69, 9.17) is 4.98 Å². The van der Waals surface area contributed by atoms with Gasteiger partial charge in [0.25, 0.3) is 5.91 Å². The summed E-state index contributed by atoms with van der Waals surface area (Å²) in [6, 6.07) is 19.4. The molecular formula is C23H20N6O. The molecule has 3 heterocycles. The number of benzene rings is 2. The lowest BCUT2D eigenvalue weighted by molar-refractivity contribution is 0.101. The van der Waals surface area contributed by atoms with Gasteiger partial charge >= 0.3 is 0 Å². The zero-order chi connectivity index (χ0) is 20.7. The van der Waals surface area contributed by atoms with Crippen LogP contribution < -0.4 is 5.43 Å². The van der Waals surface area contributed by atoms with Crippen molar-refractivity contribution >= 4 is 28.0 Å². The molecule has 5 aromatic rings. The first kappa shape index (κ1) is 18.1. The predicted molar refractivity (Wildman–Crippen MR) is 117 cm³/mol. The van der Waals surface area contributed by atoms with E-state index in [1.165, 1.54) is 0 Å². The predicted octanol–water partition coefficient (Wildman–Crippen LogP) is 4.41. The van der Waals surface area contributed by atoms with Crippen LogP contribution in [-0.2, 0) is 0 Å². The molecule has 5 rings (SSSR count). The lowest BCUT2D eigenvalue weighted by Gasteiger charge is -2.12. The number of pyridine rings is 1. The van der Waals surface area contributed by atoms with Crippen LogP contribution in [-0.4, -0.2) is 30.3 Å². The molecule has 30 heavy (non-hydrogen) atoms. The molecule has 0 bridgehead atoms. The summed E-state index contributed by atoms with van der Waals surface area (Å²) in [6.45, 7) is 4.08. The van der Waals surface area contributed by atoms with Crippen molar-refractivity contribution in [3.8, 4) is 11.3 Å². The van der Waals surface area contributed by atoms with Gasteiger partial charge in [0.2, 0.25) is 0 Å². The average Bonchev–Trinajstić information content (AvgIpc) is 3.38. The zero-order valence-electron chi connectivity index (χ0n) is 16.6. The van der Waals surface area contributed by atoms with Crippen molar-refractivity contribution in [3.05, 3.63) is 78.8 Å². The second-order valence-corrected chi connectivity index (χ2v) is 7.39. The summed E-state index contributed by atoms with van der Waals surface area (Å²) in [5.74, 6) is -0.244. The van der Waals surface area contributed by atoms with E-state index in [0.29, 0.717) is 16.6 Å². The number of imidazole rings is 1. The minimum Gasteiger partial charge on any atom is -0.267 e. The van der Waals surface area contributed by atoms with Gasteiger partial charge in [0.15, 0.2) is 5.65 Å². The van der Waals surface area contributed by atoms with Crippen molar-refractivity contribution < 1.29 is 4.79 Å². The molecule has 3 aromatic heterocycles. The normalized spacial score (nSPS) is 11.4. The number of rotatable bonds is 4. The van der Waals surface area contributed by atoms with Gasteiger partial charge < -0.3 is 0 Å². The lowest BCUT2D eigenvalue weighted by Crippen LogP contribution is -2.22. The van der Waals surface area contributed by atoms with Crippen molar-refractivity contribution in [2.45, 2.75) is 19.9 Å². The van der Waals surface area contributed by atoms with Crippen LogP contribution in [0, 0.1) is 0 Å². The van der Waals surface area contributed by atoms with Gasteiger partial charge in [0.05, 0.1) is 33.9 Å². The van der Waals surface area contributed by atoms with Gasteiger partial charge in [-0.2, -0.15) is 5.10 Å². The van der Waals surface area contributed by atoms with Crippen LogP contribution >= 0.6 is 0 Å². The minimum absolute atomic E-state index is 0.120. The summed E-state index contributed by atoms with van der Waals surface area (Å²) in [4.78, 5) is 22.5. The maximum absolute atomic E-state index is 13.3. The van der Waals surface area contributed by atoms with Crippen LogP contribution in [0.2, 0.25) is 0 Å². The third kappa shape index (κ3) is 3.00. The number of nitrogens with one attached hydrogen (secondary N) is 1. The van der Waals surface area contributed by atoms with Crippen molar-refractivity contribution in [3.63, 3.8) is 0 Å². The molecule has 0 saturated carbocycles. The van der Waals surface area contributed by atoms with Gasteiger partial charge in [-0.3, -0.25) is 10.2 Å². The summed E-state index contributed by atoms with van der Waals surface area (Å²) in [5, 5.41) is 5.19. The first-order chi connectivity index (χ1) is 14.6. The van der Waals surface area contributed by atoms with E-state index in [9.17, 15) is 4.79 Å². The highest BCUT2D eigenvalue weighted by atomic mass is 16.2. The topological polar surface area (TPSA) is 77.6 Å². The van der Waals surface area contributed by atoms with Crippen molar-refractivity contribution in [1.29, 1.82) is 0 Å². The third-order valence-electron chi connectivity index (χ3n) is 5.05. The number of para-hydroxylation sites is 2. The van der Waals surface area contributed by atoms with Crippen molar-refractivity contribution in [2.75, 3.05) is 5.43 Å². The fraction of sp³-hybridized carbons (Fsp3) is 0.130. The highest BCUT2D eigenvalue weighted by Crippen LogP contribution is 2.26. The molecule has 7 heteroatoms. The lowest BCUT2D eigenvalue weighted by atomic mass is 10.1. The molecule has 0 aliphatic rings. The Morgan fingerprint density at radius 3 is 2.60 bits per heavy atom. The molecule has 0 spiro atoms. The largest absolute Gasteiger partial charge is 0.271 e. The fourth-order valence-electron chi connectivity index (χ4n) is 3.56. The van der Waals surface area contributed by atoms with Crippen molar-refractivity contribution in [1.82, 2.24) is 24.4 Å². The molecule has 7 nitrogen and oxygen atoms in total. The molecule has 0 aliphatic carbocycles. The van der Waals surface area contributed by atoms with Gasteiger partial charge in [-0.05, 0) is 32.0 Å². The Morgan fingerprint density at radius 1 is 1.03 bits per heavy atom. The Balaban J connectivity index is 1.64. The quantitative estimate of drug-likeness (QED) is 0.488. The van der Waals surface area contributed by atoms with Gasteiger partial charge in [0, 0.05) is 11.6 Å². The first-order valence-electron chi connectivity index (χ1n) is 9.79. The summed E-state index contributed by atoms with van der Waals surface area (Å²) >= 11 is 0. The molecular weight excluding hydrogens is 376 g/mol. The second kappa shape index (κ2) is 7.11. The average molecular weight is 396 g/mol. The number of hydrogen-bond donors (Lipinski definition) is 1. The molecule has 2 aromatic carbocycles. The van der Waals surface area contributed by atoms with E-state index in [1.54, 1.807) is 17.2 Å². The third-order valence-corrected chi connectivity index (χ3v) is 5.05. The monoisotopic (exact) mass is 396 g/mol. The smallest absolute Gasteiger partial charge is 0.267 e. The molecule has 1 N–H and O–H groups in total. The molecule has 148 valence electrons. The molecule has 1 amide bonds. The summed E-state index contributed by atoms with van der Waals surface area (Å²) in [5.41, 5.74) is 7.46. The molecule has 0 saturated heterocycles. The summed E-state index contributed by atoms with van der Waals surface area (Å²) in [7, 11) is 0. The van der Waals surface area contributed by atoms with Gasteiger partial charge in [-0.1, -0.05) is 42.5 Å². The van der Waals surface area contributed by atoms with Gasteiger partial charge in [-0.25, -0.2) is 19.3 Å².